The fourth-order valence-corrected chi connectivity index (χ4v) is 2.16. The molecular weight excluding hydrogens is 359 g/mol. The number of hydrogen-bond acceptors (Lipinski definition) is 5. The van der Waals surface area contributed by atoms with Crippen molar-refractivity contribution in [3.8, 4) is 11.5 Å². The summed E-state index contributed by atoms with van der Waals surface area (Å²) in [5, 5.41) is 4.30. The lowest BCUT2D eigenvalue weighted by atomic mass is 10.1. The van der Waals surface area contributed by atoms with Gasteiger partial charge in [-0.05, 0) is 45.0 Å². The third-order valence-corrected chi connectivity index (χ3v) is 3.50. The Morgan fingerprint density at radius 1 is 1.17 bits per heavy atom. The maximum absolute atomic E-state index is 12.2. The number of rotatable bonds is 2. The molecule has 0 bridgehead atoms. The highest BCUT2D eigenvalue weighted by Gasteiger charge is 2.20. The summed E-state index contributed by atoms with van der Waals surface area (Å²) in [6.45, 7) is 5.52. The molecule has 8 heteroatoms. The average Bonchev–Trinajstić information content (AvgIpc) is 2.45. The van der Waals surface area contributed by atoms with Crippen molar-refractivity contribution in [2.75, 3.05) is 0 Å². The lowest BCUT2D eigenvalue weighted by Crippen LogP contribution is -2.36. The van der Waals surface area contributed by atoms with Crippen LogP contribution in [0.1, 0.15) is 20.8 Å². The molecule has 5 nitrogen and oxygen atoms in total. The molecular formula is C15H14Cl2N2O3S. The molecule has 0 unspecified atom stereocenters. The molecule has 0 aliphatic heterocycles. The fourth-order valence-electron chi connectivity index (χ4n) is 1.68. The van der Waals surface area contributed by atoms with Crippen molar-refractivity contribution in [3.63, 3.8) is 0 Å². The highest BCUT2D eigenvalue weighted by Crippen LogP contribution is 2.22. The largest absolute Gasteiger partial charge is 0.417 e. The molecule has 0 amide bonds. The van der Waals surface area contributed by atoms with Gasteiger partial charge < -0.3 is 9.47 Å². The normalized spacial score (nSPS) is 11.2. The van der Waals surface area contributed by atoms with E-state index in [9.17, 15) is 4.79 Å². The van der Waals surface area contributed by atoms with Crippen LogP contribution in [0.5, 0.6) is 11.5 Å². The van der Waals surface area contributed by atoms with Gasteiger partial charge in [0.15, 0.2) is 10.8 Å². The molecule has 23 heavy (non-hydrogen) atoms. The zero-order valence-corrected chi connectivity index (χ0v) is 15.0. The van der Waals surface area contributed by atoms with E-state index in [2.05, 4.69) is 5.10 Å². The van der Waals surface area contributed by atoms with Gasteiger partial charge in [0.2, 0.25) is 0 Å². The monoisotopic (exact) mass is 372 g/mol. The van der Waals surface area contributed by atoms with E-state index in [1.165, 1.54) is 10.9 Å². The first-order chi connectivity index (χ1) is 10.7. The molecule has 0 saturated carbocycles. The summed E-state index contributed by atoms with van der Waals surface area (Å²) >= 11 is 16.8. The van der Waals surface area contributed by atoms with Crippen molar-refractivity contribution in [1.82, 2.24) is 9.78 Å². The summed E-state index contributed by atoms with van der Waals surface area (Å²) in [6.07, 6.45) is 1.33. The zero-order valence-electron chi connectivity index (χ0n) is 12.7. The van der Waals surface area contributed by atoms with E-state index >= 15 is 0 Å². The highest BCUT2D eigenvalue weighted by atomic mass is 35.5. The standard InChI is InChI=1S/C15H14Cl2N2O3S/c1-15(2,3)19-13(20)12(17)11(8-18-19)22-14(23)21-10-6-4-9(16)5-7-10/h4-8H,1-3H3. The van der Waals surface area contributed by atoms with E-state index in [1.807, 2.05) is 20.8 Å². The molecule has 0 saturated heterocycles. The van der Waals surface area contributed by atoms with Crippen LogP contribution < -0.4 is 15.0 Å². The molecule has 0 N–H and O–H groups in total. The Morgan fingerprint density at radius 3 is 2.35 bits per heavy atom. The van der Waals surface area contributed by atoms with Gasteiger partial charge in [0, 0.05) is 17.2 Å². The summed E-state index contributed by atoms with van der Waals surface area (Å²) in [5.74, 6) is 0.489. The van der Waals surface area contributed by atoms with Crippen LogP contribution in [0.2, 0.25) is 10.0 Å². The molecule has 0 fully saturated rings. The van der Waals surface area contributed by atoms with Crippen molar-refractivity contribution in [2.45, 2.75) is 26.3 Å². The molecule has 0 spiro atoms. The van der Waals surface area contributed by atoms with Crippen molar-refractivity contribution in [1.29, 1.82) is 0 Å². The summed E-state index contributed by atoms with van der Waals surface area (Å²) in [5.41, 5.74) is -0.967. The third-order valence-electron chi connectivity index (χ3n) is 2.73. The molecule has 0 aliphatic carbocycles. The smallest absolute Gasteiger partial charge is 0.363 e. The van der Waals surface area contributed by atoms with Gasteiger partial charge in [-0.2, -0.15) is 5.10 Å². The van der Waals surface area contributed by atoms with E-state index < -0.39 is 11.1 Å². The van der Waals surface area contributed by atoms with Gasteiger partial charge in [-0.15, -0.1) is 0 Å². The van der Waals surface area contributed by atoms with Gasteiger partial charge in [-0.3, -0.25) is 4.79 Å². The van der Waals surface area contributed by atoms with Gasteiger partial charge in [0.05, 0.1) is 11.7 Å². The molecule has 0 aliphatic rings. The SMILES string of the molecule is CC(C)(C)n1ncc(OC(=S)Oc2ccc(Cl)cc2)c(Cl)c1=O. The molecule has 1 heterocycles. The number of ether oxygens (including phenoxy) is 2. The Morgan fingerprint density at radius 2 is 1.78 bits per heavy atom. The molecule has 2 rings (SSSR count). The van der Waals surface area contributed by atoms with Crippen LogP contribution in [0.3, 0.4) is 0 Å². The van der Waals surface area contributed by atoms with Crippen molar-refractivity contribution in [2.24, 2.45) is 0 Å². The number of benzene rings is 1. The van der Waals surface area contributed by atoms with E-state index in [-0.39, 0.29) is 16.0 Å². The van der Waals surface area contributed by atoms with Crippen LogP contribution in [0.15, 0.2) is 35.3 Å². The van der Waals surface area contributed by atoms with Crippen LogP contribution in [0, 0.1) is 0 Å². The number of nitrogens with zero attached hydrogens (tertiary/aromatic N) is 2. The van der Waals surface area contributed by atoms with Gasteiger partial charge in [0.1, 0.15) is 5.75 Å². The Labute approximate surface area is 148 Å². The van der Waals surface area contributed by atoms with E-state index in [4.69, 9.17) is 44.9 Å². The molecule has 1 aromatic carbocycles. The molecule has 0 radical (unpaired) electrons. The first kappa shape index (κ1) is 17.7. The lowest BCUT2D eigenvalue weighted by Gasteiger charge is -2.21. The minimum absolute atomic E-state index is 0.0381. The summed E-state index contributed by atoms with van der Waals surface area (Å²) in [7, 11) is 0. The summed E-state index contributed by atoms with van der Waals surface area (Å²) in [4.78, 5) is 12.2. The zero-order chi connectivity index (χ0) is 17.2. The van der Waals surface area contributed by atoms with E-state index in [0.717, 1.165) is 0 Å². The predicted octanol–water partition coefficient (Wildman–Crippen LogP) is 4.05. The topological polar surface area (TPSA) is 53.4 Å². The van der Waals surface area contributed by atoms with Crippen LogP contribution in [-0.4, -0.2) is 15.0 Å². The van der Waals surface area contributed by atoms with Crippen molar-refractivity contribution in [3.05, 3.63) is 50.9 Å². The number of thiocarbonyl (C=S) groups is 1. The third kappa shape index (κ3) is 4.43. The van der Waals surface area contributed by atoms with Crippen molar-refractivity contribution < 1.29 is 9.47 Å². The fraction of sp³-hybridized carbons (Fsp3) is 0.267. The minimum Gasteiger partial charge on any atom is -0.417 e. The molecule has 122 valence electrons. The molecule has 2 aromatic rings. The number of halogens is 2. The lowest BCUT2D eigenvalue weighted by molar-refractivity contribution is 0.332. The Hall–Kier alpha value is -1.63. The summed E-state index contributed by atoms with van der Waals surface area (Å²) in [6, 6.07) is 6.57. The molecule has 1 aromatic heterocycles. The average molecular weight is 373 g/mol. The van der Waals surface area contributed by atoms with E-state index in [0.29, 0.717) is 10.8 Å². The van der Waals surface area contributed by atoms with Crippen LogP contribution in [0.25, 0.3) is 0 Å². The Bertz CT molecular complexity index is 783. The summed E-state index contributed by atoms with van der Waals surface area (Å²) < 4.78 is 11.9. The van der Waals surface area contributed by atoms with Gasteiger partial charge in [-0.1, -0.05) is 23.2 Å². The second-order valence-electron chi connectivity index (χ2n) is 5.62. The maximum Gasteiger partial charge on any atom is 0.363 e. The van der Waals surface area contributed by atoms with Crippen LogP contribution in [0.4, 0.5) is 0 Å². The number of hydrogen-bond donors (Lipinski definition) is 0. The van der Waals surface area contributed by atoms with Crippen LogP contribution >= 0.6 is 35.4 Å². The van der Waals surface area contributed by atoms with Crippen molar-refractivity contribution >= 4 is 40.7 Å². The first-order valence-electron chi connectivity index (χ1n) is 6.62. The second kappa shape index (κ2) is 6.86. The highest BCUT2D eigenvalue weighted by molar-refractivity contribution is 7.79. The second-order valence-corrected chi connectivity index (χ2v) is 6.77. The minimum atomic E-state index is -0.500. The Balaban J connectivity index is 2.17. The quantitative estimate of drug-likeness (QED) is 0.744. The Kier molecular flexibility index (Phi) is 5.29. The van der Waals surface area contributed by atoms with Gasteiger partial charge >= 0.3 is 5.24 Å². The van der Waals surface area contributed by atoms with Gasteiger partial charge in [-0.25, -0.2) is 4.68 Å². The van der Waals surface area contributed by atoms with Gasteiger partial charge in [0.25, 0.3) is 5.56 Å². The molecule has 0 atom stereocenters. The predicted molar refractivity (Wildman–Crippen MR) is 93.8 cm³/mol. The first-order valence-corrected chi connectivity index (χ1v) is 7.78. The number of aromatic nitrogens is 2. The van der Waals surface area contributed by atoms with Crippen LogP contribution in [-0.2, 0) is 5.54 Å². The van der Waals surface area contributed by atoms with E-state index in [1.54, 1.807) is 24.3 Å². The maximum atomic E-state index is 12.2.